The molecule has 0 amide bonds. The van der Waals surface area contributed by atoms with Gasteiger partial charge in [0, 0.05) is 10.9 Å². The van der Waals surface area contributed by atoms with Gasteiger partial charge in [-0.2, -0.15) is 0 Å². The molecule has 0 radical (unpaired) electrons. The number of hydrogen-bond acceptors (Lipinski definition) is 2. The summed E-state index contributed by atoms with van der Waals surface area (Å²) in [6.07, 6.45) is -2.65. The molecule has 0 aliphatic heterocycles. The Bertz CT molecular complexity index is 373. The normalized spacial score (nSPS) is 14.9. The van der Waals surface area contributed by atoms with E-state index < -0.39 is 35.2 Å². The monoisotopic (exact) mass is 298 g/mol. The van der Waals surface area contributed by atoms with Gasteiger partial charge in [0.2, 0.25) is 0 Å². The molecule has 0 bridgehead atoms. The fraction of sp³-hybridized carbons (Fsp3) is 0.400. The molecular weight excluding hydrogens is 289 g/mol. The standard InChI is InChI=1S/C10H10BrF3O2/c11-4-3-7(15)10(16)5-1-2-6(12)9(14)8(5)13/h1-2,7,10,15-16H,3-4H2. The van der Waals surface area contributed by atoms with Crippen LogP contribution in [0.1, 0.15) is 18.1 Å². The second-order valence-electron chi connectivity index (χ2n) is 3.25. The average molecular weight is 299 g/mol. The number of hydrogen-bond donors (Lipinski definition) is 2. The third kappa shape index (κ3) is 2.75. The minimum atomic E-state index is -1.65. The number of aliphatic hydroxyl groups is 2. The lowest BCUT2D eigenvalue weighted by Crippen LogP contribution is -2.20. The van der Waals surface area contributed by atoms with Gasteiger partial charge < -0.3 is 10.2 Å². The molecule has 1 aromatic rings. The second kappa shape index (κ2) is 5.65. The highest BCUT2D eigenvalue weighted by Crippen LogP contribution is 2.25. The van der Waals surface area contributed by atoms with Gasteiger partial charge in [-0.25, -0.2) is 13.2 Å². The lowest BCUT2D eigenvalue weighted by Gasteiger charge is -2.17. The molecule has 0 heterocycles. The molecule has 2 unspecified atom stereocenters. The molecule has 2 nitrogen and oxygen atoms in total. The molecule has 0 fully saturated rings. The molecule has 1 rings (SSSR count). The fourth-order valence-corrected chi connectivity index (χ4v) is 1.72. The van der Waals surface area contributed by atoms with E-state index in [0.29, 0.717) is 11.4 Å². The SMILES string of the molecule is OC(CCBr)C(O)c1ccc(F)c(F)c1F. The summed E-state index contributed by atoms with van der Waals surface area (Å²) in [4.78, 5) is 0. The number of rotatable bonds is 4. The van der Waals surface area contributed by atoms with Crippen LogP contribution in [-0.4, -0.2) is 21.6 Å². The topological polar surface area (TPSA) is 40.5 Å². The zero-order valence-corrected chi connectivity index (χ0v) is 9.72. The van der Waals surface area contributed by atoms with Crippen molar-refractivity contribution in [3.05, 3.63) is 35.1 Å². The van der Waals surface area contributed by atoms with E-state index >= 15 is 0 Å². The van der Waals surface area contributed by atoms with Crippen molar-refractivity contribution in [2.45, 2.75) is 18.6 Å². The van der Waals surface area contributed by atoms with Crippen molar-refractivity contribution < 1.29 is 23.4 Å². The van der Waals surface area contributed by atoms with Crippen molar-refractivity contribution in [1.82, 2.24) is 0 Å². The molecule has 6 heteroatoms. The molecule has 0 aromatic heterocycles. The first-order valence-electron chi connectivity index (χ1n) is 4.54. The van der Waals surface area contributed by atoms with Crippen molar-refractivity contribution in [3.63, 3.8) is 0 Å². The predicted octanol–water partition coefficient (Wildman–Crippen LogP) is 2.28. The van der Waals surface area contributed by atoms with Crippen molar-refractivity contribution >= 4 is 15.9 Å². The van der Waals surface area contributed by atoms with Gasteiger partial charge in [0.15, 0.2) is 17.5 Å². The molecule has 2 atom stereocenters. The van der Waals surface area contributed by atoms with E-state index in [1.807, 2.05) is 0 Å². The van der Waals surface area contributed by atoms with Crippen molar-refractivity contribution in [2.75, 3.05) is 5.33 Å². The quantitative estimate of drug-likeness (QED) is 0.661. The van der Waals surface area contributed by atoms with E-state index in [-0.39, 0.29) is 6.42 Å². The van der Waals surface area contributed by atoms with Crippen molar-refractivity contribution in [1.29, 1.82) is 0 Å². The van der Waals surface area contributed by atoms with E-state index in [2.05, 4.69) is 15.9 Å². The zero-order chi connectivity index (χ0) is 12.3. The van der Waals surface area contributed by atoms with Crippen LogP contribution in [0.3, 0.4) is 0 Å². The van der Waals surface area contributed by atoms with Gasteiger partial charge in [0.05, 0.1) is 6.10 Å². The molecule has 0 saturated carbocycles. The molecule has 16 heavy (non-hydrogen) atoms. The van der Waals surface area contributed by atoms with Crippen LogP contribution in [0, 0.1) is 17.5 Å². The largest absolute Gasteiger partial charge is 0.390 e. The summed E-state index contributed by atoms with van der Waals surface area (Å²) in [6, 6.07) is 1.62. The first-order valence-corrected chi connectivity index (χ1v) is 5.66. The first kappa shape index (κ1) is 13.5. The van der Waals surface area contributed by atoms with E-state index in [1.54, 1.807) is 0 Å². The maximum absolute atomic E-state index is 13.2. The predicted molar refractivity (Wildman–Crippen MR) is 55.7 cm³/mol. The van der Waals surface area contributed by atoms with E-state index in [0.717, 1.165) is 6.07 Å². The molecule has 1 aromatic carbocycles. The third-order valence-electron chi connectivity index (χ3n) is 2.15. The second-order valence-corrected chi connectivity index (χ2v) is 4.05. The van der Waals surface area contributed by atoms with E-state index in [9.17, 15) is 23.4 Å². The number of benzene rings is 1. The summed E-state index contributed by atoms with van der Waals surface area (Å²) in [5, 5.41) is 19.3. The Hall–Kier alpha value is -0.590. The van der Waals surface area contributed by atoms with Crippen molar-refractivity contribution in [2.24, 2.45) is 0 Å². The summed E-state index contributed by atoms with van der Waals surface area (Å²) in [7, 11) is 0. The highest BCUT2D eigenvalue weighted by atomic mass is 79.9. The summed E-state index contributed by atoms with van der Waals surface area (Å²) in [6.45, 7) is 0. The lowest BCUT2D eigenvalue weighted by molar-refractivity contribution is 0.0148. The van der Waals surface area contributed by atoms with Crippen LogP contribution in [0.25, 0.3) is 0 Å². The van der Waals surface area contributed by atoms with Crippen LogP contribution in [0.15, 0.2) is 12.1 Å². The summed E-state index contributed by atoms with van der Waals surface area (Å²) < 4.78 is 38.7. The Morgan fingerprint density at radius 3 is 2.31 bits per heavy atom. The third-order valence-corrected chi connectivity index (χ3v) is 2.61. The molecular formula is C10H10BrF3O2. The van der Waals surface area contributed by atoms with Crippen LogP contribution in [0.5, 0.6) is 0 Å². The van der Waals surface area contributed by atoms with Gasteiger partial charge in [-0.3, -0.25) is 0 Å². The average Bonchev–Trinajstić information content (AvgIpc) is 2.26. The van der Waals surface area contributed by atoms with Gasteiger partial charge in [-0.05, 0) is 12.5 Å². The number of aliphatic hydroxyl groups excluding tert-OH is 2. The lowest BCUT2D eigenvalue weighted by atomic mass is 10.0. The number of alkyl halides is 1. The van der Waals surface area contributed by atoms with Crippen LogP contribution < -0.4 is 0 Å². The van der Waals surface area contributed by atoms with Gasteiger partial charge in [-0.15, -0.1) is 0 Å². The summed E-state index contributed by atoms with van der Waals surface area (Å²) in [5.74, 6) is -4.45. The Morgan fingerprint density at radius 2 is 1.75 bits per heavy atom. The van der Waals surface area contributed by atoms with Gasteiger partial charge in [-0.1, -0.05) is 22.0 Å². The fourth-order valence-electron chi connectivity index (χ4n) is 1.25. The smallest absolute Gasteiger partial charge is 0.194 e. The highest BCUT2D eigenvalue weighted by molar-refractivity contribution is 9.09. The Balaban J connectivity index is 3.00. The molecule has 2 N–H and O–H groups in total. The summed E-state index contributed by atoms with van der Waals surface area (Å²) >= 11 is 3.04. The highest BCUT2D eigenvalue weighted by Gasteiger charge is 2.24. The van der Waals surface area contributed by atoms with Crippen LogP contribution >= 0.6 is 15.9 Å². The van der Waals surface area contributed by atoms with E-state index in [4.69, 9.17) is 0 Å². The van der Waals surface area contributed by atoms with Gasteiger partial charge in [0.25, 0.3) is 0 Å². The summed E-state index contributed by atoms with van der Waals surface area (Å²) in [5.41, 5.74) is -0.452. The molecule has 0 aliphatic rings. The molecule has 90 valence electrons. The van der Waals surface area contributed by atoms with Crippen molar-refractivity contribution in [3.8, 4) is 0 Å². The maximum Gasteiger partial charge on any atom is 0.194 e. The Kier molecular flexibility index (Phi) is 4.76. The van der Waals surface area contributed by atoms with Gasteiger partial charge in [0.1, 0.15) is 6.10 Å². The molecule has 0 spiro atoms. The van der Waals surface area contributed by atoms with E-state index in [1.165, 1.54) is 0 Å². The minimum Gasteiger partial charge on any atom is -0.390 e. The molecule has 0 saturated heterocycles. The minimum absolute atomic E-state index is 0.166. The zero-order valence-electron chi connectivity index (χ0n) is 8.13. The first-order chi connectivity index (χ1) is 7.49. The van der Waals surface area contributed by atoms with Crippen LogP contribution in [0.4, 0.5) is 13.2 Å². The number of halogens is 4. The van der Waals surface area contributed by atoms with Crippen LogP contribution in [-0.2, 0) is 0 Å². The van der Waals surface area contributed by atoms with Crippen LogP contribution in [0.2, 0.25) is 0 Å². The Morgan fingerprint density at radius 1 is 1.12 bits per heavy atom. The van der Waals surface area contributed by atoms with Gasteiger partial charge >= 0.3 is 0 Å². The maximum atomic E-state index is 13.2. The Labute approximate surface area is 98.8 Å². The molecule has 0 aliphatic carbocycles.